The van der Waals surface area contributed by atoms with Crippen molar-refractivity contribution in [3.05, 3.63) is 29.3 Å². The number of fused-ring (bicyclic) bond motifs is 1. The van der Waals surface area contributed by atoms with Gasteiger partial charge in [0, 0.05) is 31.7 Å². The Kier molecular flexibility index (Phi) is 5.29. The molecule has 23 heavy (non-hydrogen) atoms. The van der Waals surface area contributed by atoms with Crippen molar-refractivity contribution in [1.82, 2.24) is 5.32 Å². The average Bonchev–Trinajstić information content (AvgIpc) is 2.82. The topological polar surface area (TPSA) is 58.6 Å². The Morgan fingerprint density at radius 3 is 2.83 bits per heavy atom. The van der Waals surface area contributed by atoms with E-state index in [1.807, 2.05) is 20.8 Å². The third-order valence-electron chi connectivity index (χ3n) is 3.87. The lowest BCUT2D eigenvalue weighted by molar-refractivity contribution is -0.110. The molecule has 1 aliphatic heterocycles. The quantitative estimate of drug-likeness (QED) is 0.848. The van der Waals surface area contributed by atoms with Gasteiger partial charge in [-0.2, -0.15) is 0 Å². The maximum absolute atomic E-state index is 11.7. The average molecular weight is 318 g/mol. The van der Waals surface area contributed by atoms with Crippen molar-refractivity contribution in [2.24, 2.45) is 5.92 Å². The van der Waals surface area contributed by atoms with Gasteiger partial charge in [0.05, 0.1) is 0 Å². The van der Waals surface area contributed by atoms with Crippen LogP contribution in [0.1, 0.15) is 31.9 Å². The Morgan fingerprint density at radius 2 is 2.17 bits per heavy atom. The highest BCUT2D eigenvalue weighted by Crippen LogP contribution is 2.28. The van der Waals surface area contributed by atoms with E-state index in [9.17, 15) is 9.59 Å². The highest BCUT2D eigenvalue weighted by molar-refractivity contribution is 5.68. The molecular weight excluding hydrogens is 292 g/mol. The number of ether oxygens (including phenoxy) is 1. The summed E-state index contributed by atoms with van der Waals surface area (Å²) in [5.74, 6) is -0.250. The highest BCUT2D eigenvalue weighted by Gasteiger charge is 2.19. The van der Waals surface area contributed by atoms with E-state index in [1.54, 1.807) is 0 Å². The first kappa shape index (κ1) is 17.3. The van der Waals surface area contributed by atoms with Gasteiger partial charge in [-0.15, -0.1) is 0 Å². The molecule has 1 atom stereocenters. The van der Waals surface area contributed by atoms with Crippen LogP contribution < -0.4 is 10.2 Å². The number of aldehydes is 1. The van der Waals surface area contributed by atoms with E-state index < -0.39 is 11.7 Å². The molecule has 1 N–H and O–H groups in total. The predicted molar refractivity (Wildman–Crippen MR) is 90.9 cm³/mol. The van der Waals surface area contributed by atoms with E-state index in [4.69, 9.17) is 4.74 Å². The normalized spacial score (nSPS) is 15.0. The SMILES string of the molecule is CN1CCc2cc(CC(C=O)CNC(=O)OC(C)(C)C)ccc21. The molecule has 0 saturated heterocycles. The lowest BCUT2D eigenvalue weighted by Crippen LogP contribution is -2.36. The molecule has 0 aromatic heterocycles. The third-order valence-corrected chi connectivity index (χ3v) is 3.87. The molecule has 1 aromatic rings. The summed E-state index contributed by atoms with van der Waals surface area (Å²) in [5, 5.41) is 2.67. The fourth-order valence-electron chi connectivity index (χ4n) is 2.75. The first-order chi connectivity index (χ1) is 10.8. The van der Waals surface area contributed by atoms with E-state index in [0.717, 1.165) is 24.8 Å². The number of likely N-dealkylation sites (N-methyl/N-ethyl adjacent to an activating group) is 1. The molecule has 0 aliphatic carbocycles. The number of nitrogens with one attached hydrogen (secondary N) is 1. The standard InChI is InChI=1S/C18H26N2O3/c1-18(2,3)23-17(22)19-11-14(12-21)9-13-5-6-16-15(10-13)7-8-20(16)4/h5-6,10,12,14H,7-9,11H2,1-4H3,(H,19,22). The third kappa shape index (κ3) is 4.98. The molecule has 1 aliphatic rings. The number of alkyl carbamates (subject to hydrolysis) is 1. The molecule has 1 aromatic carbocycles. The van der Waals surface area contributed by atoms with E-state index >= 15 is 0 Å². The maximum atomic E-state index is 11.7. The van der Waals surface area contributed by atoms with Gasteiger partial charge in [0.15, 0.2) is 0 Å². The molecule has 0 radical (unpaired) electrons. The molecule has 0 fully saturated rings. The zero-order valence-electron chi connectivity index (χ0n) is 14.4. The predicted octanol–water partition coefficient (Wildman–Crippen LogP) is 2.56. The molecule has 0 bridgehead atoms. The summed E-state index contributed by atoms with van der Waals surface area (Å²) in [4.78, 5) is 25.2. The van der Waals surface area contributed by atoms with Crippen molar-refractivity contribution in [3.8, 4) is 0 Å². The fourth-order valence-corrected chi connectivity index (χ4v) is 2.75. The van der Waals surface area contributed by atoms with Gasteiger partial charge < -0.3 is 19.7 Å². The lowest BCUT2D eigenvalue weighted by atomic mass is 9.98. The van der Waals surface area contributed by atoms with E-state index in [-0.39, 0.29) is 12.5 Å². The minimum Gasteiger partial charge on any atom is -0.444 e. The van der Waals surface area contributed by atoms with Crippen LogP contribution in [-0.4, -0.2) is 38.1 Å². The number of anilines is 1. The van der Waals surface area contributed by atoms with Crippen molar-refractivity contribution in [1.29, 1.82) is 0 Å². The summed E-state index contributed by atoms with van der Waals surface area (Å²) in [7, 11) is 2.09. The second-order valence-corrected chi connectivity index (χ2v) is 7.12. The zero-order chi connectivity index (χ0) is 17.0. The van der Waals surface area contributed by atoms with Crippen LogP contribution in [0.4, 0.5) is 10.5 Å². The van der Waals surface area contributed by atoms with Gasteiger partial charge in [-0.3, -0.25) is 0 Å². The van der Waals surface area contributed by atoms with Crippen molar-refractivity contribution in [3.63, 3.8) is 0 Å². The molecule has 5 heteroatoms. The largest absolute Gasteiger partial charge is 0.444 e. The summed E-state index contributed by atoms with van der Waals surface area (Å²) in [6, 6.07) is 6.34. The molecular formula is C18H26N2O3. The summed E-state index contributed by atoms with van der Waals surface area (Å²) in [6.45, 7) is 6.76. The number of nitrogens with zero attached hydrogens (tertiary/aromatic N) is 1. The molecule has 0 saturated carbocycles. The van der Waals surface area contributed by atoms with Crippen LogP contribution in [-0.2, 0) is 22.4 Å². The summed E-state index contributed by atoms with van der Waals surface area (Å²) in [5.41, 5.74) is 3.19. The number of rotatable bonds is 5. The van der Waals surface area contributed by atoms with E-state index in [1.165, 1.54) is 11.3 Å². The fraction of sp³-hybridized carbons (Fsp3) is 0.556. The van der Waals surface area contributed by atoms with Crippen LogP contribution in [0.25, 0.3) is 0 Å². The molecule has 1 heterocycles. The van der Waals surface area contributed by atoms with Crippen molar-refractivity contribution in [2.45, 2.75) is 39.2 Å². The molecule has 0 spiro atoms. The van der Waals surface area contributed by atoms with Crippen molar-refractivity contribution >= 4 is 18.1 Å². The van der Waals surface area contributed by atoms with E-state index in [2.05, 4.69) is 35.5 Å². The Morgan fingerprint density at radius 1 is 1.43 bits per heavy atom. The zero-order valence-corrected chi connectivity index (χ0v) is 14.4. The van der Waals surface area contributed by atoms with Gasteiger partial charge in [0.1, 0.15) is 11.9 Å². The summed E-state index contributed by atoms with van der Waals surface area (Å²) in [6.07, 6.45) is 2.08. The molecule has 1 amide bonds. The molecule has 5 nitrogen and oxygen atoms in total. The monoisotopic (exact) mass is 318 g/mol. The van der Waals surface area contributed by atoms with Crippen LogP contribution in [0.5, 0.6) is 0 Å². The highest BCUT2D eigenvalue weighted by atomic mass is 16.6. The van der Waals surface area contributed by atoms with Crippen LogP contribution in [0.3, 0.4) is 0 Å². The number of hydrogen-bond donors (Lipinski definition) is 1. The number of carbonyl (C=O) groups excluding carboxylic acids is 2. The molecule has 2 rings (SSSR count). The van der Waals surface area contributed by atoms with Gasteiger partial charge in [-0.25, -0.2) is 4.79 Å². The maximum Gasteiger partial charge on any atom is 0.407 e. The Hall–Kier alpha value is -2.04. The minimum absolute atomic E-state index is 0.250. The number of benzene rings is 1. The Bertz CT molecular complexity index is 578. The van der Waals surface area contributed by atoms with Gasteiger partial charge in [-0.05, 0) is 50.8 Å². The van der Waals surface area contributed by atoms with Crippen LogP contribution in [0.2, 0.25) is 0 Å². The lowest BCUT2D eigenvalue weighted by Gasteiger charge is -2.20. The number of amides is 1. The number of carbonyl (C=O) groups is 2. The molecule has 1 unspecified atom stereocenters. The van der Waals surface area contributed by atoms with Gasteiger partial charge in [0.2, 0.25) is 0 Å². The van der Waals surface area contributed by atoms with Crippen molar-refractivity contribution in [2.75, 3.05) is 25.0 Å². The van der Waals surface area contributed by atoms with Gasteiger partial charge >= 0.3 is 6.09 Å². The number of hydrogen-bond acceptors (Lipinski definition) is 4. The van der Waals surface area contributed by atoms with Crippen LogP contribution >= 0.6 is 0 Å². The second kappa shape index (κ2) is 7.02. The first-order valence-corrected chi connectivity index (χ1v) is 8.03. The van der Waals surface area contributed by atoms with Crippen LogP contribution in [0, 0.1) is 5.92 Å². The molecule has 126 valence electrons. The van der Waals surface area contributed by atoms with Gasteiger partial charge in [-0.1, -0.05) is 12.1 Å². The summed E-state index contributed by atoms with van der Waals surface area (Å²) >= 11 is 0. The van der Waals surface area contributed by atoms with Crippen molar-refractivity contribution < 1.29 is 14.3 Å². The Balaban J connectivity index is 1.90. The summed E-state index contributed by atoms with van der Waals surface area (Å²) < 4.78 is 5.18. The second-order valence-electron chi connectivity index (χ2n) is 7.12. The van der Waals surface area contributed by atoms with Crippen LogP contribution in [0.15, 0.2) is 18.2 Å². The first-order valence-electron chi connectivity index (χ1n) is 8.03. The Labute approximate surface area is 138 Å². The van der Waals surface area contributed by atoms with Gasteiger partial charge in [0.25, 0.3) is 0 Å². The van der Waals surface area contributed by atoms with E-state index in [0.29, 0.717) is 6.42 Å². The minimum atomic E-state index is -0.535. The smallest absolute Gasteiger partial charge is 0.407 e.